The van der Waals surface area contributed by atoms with Crippen LogP contribution in [0, 0.1) is 13.8 Å². The molecule has 3 rings (SSSR count). The summed E-state index contributed by atoms with van der Waals surface area (Å²) in [5.41, 5.74) is 5.57. The Balaban J connectivity index is 0.000000396. The molecule has 3 aromatic rings. The van der Waals surface area contributed by atoms with Crippen molar-refractivity contribution in [3.63, 3.8) is 0 Å². The molecule has 2 heterocycles. The number of H-pyrrole nitrogens is 2. The van der Waals surface area contributed by atoms with Gasteiger partial charge in [-0.05, 0) is 44.0 Å². The molecule has 30 heavy (non-hydrogen) atoms. The van der Waals surface area contributed by atoms with Crippen molar-refractivity contribution < 1.29 is 23.1 Å². The number of halogens is 4. The molecule has 6 nitrogen and oxygen atoms in total. The van der Waals surface area contributed by atoms with Crippen molar-refractivity contribution in [2.75, 3.05) is 6.54 Å². The van der Waals surface area contributed by atoms with E-state index >= 15 is 0 Å². The second-order valence-electron chi connectivity index (χ2n) is 6.63. The maximum atomic E-state index is 11.7. The number of carboxylic acids is 1. The first kappa shape index (κ1) is 23.5. The second kappa shape index (κ2) is 9.82. The molecule has 0 unspecified atom stereocenters. The molecule has 4 N–H and O–H groups in total. The lowest BCUT2D eigenvalue weighted by Crippen LogP contribution is -2.22. The van der Waals surface area contributed by atoms with Gasteiger partial charge in [-0.3, -0.25) is 4.79 Å². The number of rotatable bonds is 5. The maximum Gasteiger partial charge on any atom is 0.490 e. The molecule has 0 amide bonds. The number of benzene rings is 1. The summed E-state index contributed by atoms with van der Waals surface area (Å²) in [6.07, 6.45) is -2.67. The van der Waals surface area contributed by atoms with Crippen LogP contribution in [0.4, 0.5) is 13.2 Å². The fourth-order valence-electron chi connectivity index (χ4n) is 2.94. The smallest absolute Gasteiger partial charge is 0.475 e. The number of nitrogens with one attached hydrogen (secondary N) is 3. The maximum absolute atomic E-state index is 11.7. The molecule has 0 spiro atoms. The highest BCUT2D eigenvalue weighted by molar-refractivity contribution is 6.30. The first-order valence-electron chi connectivity index (χ1n) is 8.95. The highest BCUT2D eigenvalue weighted by Gasteiger charge is 2.38. The van der Waals surface area contributed by atoms with Crippen molar-refractivity contribution in [3.8, 4) is 0 Å². The summed E-state index contributed by atoms with van der Waals surface area (Å²) in [5.74, 6) is -2.76. The van der Waals surface area contributed by atoms with Crippen LogP contribution in [0.2, 0.25) is 5.02 Å². The SMILES string of the molecule is Cc1[nH]c2c(C)cccc2c1CCNCc1cc(Cl)c[nH]c1=O.O=C(O)C(F)(F)F. The summed E-state index contributed by atoms with van der Waals surface area (Å²) in [6.45, 7) is 5.53. The van der Waals surface area contributed by atoms with Crippen molar-refractivity contribution in [1.29, 1.82) is 0 Å². The molecule has 0 aliphatic heterocycles. The summed E-state index contributed by atoms with van der Waals surface area (Å²) < 4.78 is 31.7. The Kier molecular flexibility index (Phi) is 7.69. The number of fused-ring (bicyclic) bond motifs is 1. The quantitative estimate of drug-likeness (QED) is 0.446. The van der Waals surface area contributed by atoms with E-state index in [2.05, 4.69) is 47.3 Å². The van der Waals surface area contributed by atoms with Crippen LogP contribution in [0.3, 0.4) is 0 Å². The Hall–Kier alpha value is -2.78. The number of carboxylic acid groups (broad SMARTS) is 1. The van der Waals surface area contributed by atoms with Gasteiger partial charge in [-0.25, -0.2) is 4.79 Å². The molecule has 2 aromatic heterocycles. The third-order valence-corrected chi connectivity index (χ3v) is 4.64. The average molecular weight is 444 g/mol. The molecule has 162 valence electrons. The molecule has 0 radical (unpaired) electrons. The van der Waals surface area contributed by atoms with Crippen LogP contribution in [0.25, 0.3) is 10.9 Å². The molecule has 0 bridgehead atoms. The van der Waals surface area contributed by atoms with Gasteiger partial charge in [0.2, 0.25) is 0 Å². The number of alkyl halides is 3. The average Bonchev–Trinajstić information content (AvgIpc) is 2.98. The lowest BCUT2D eigenvalue weighted by atomic mass is 10.1. The van der Waals surface area contributed by atoms with Crippen LogP contribution >= 0.6 is 11.6 Å². The van der Waals surface area contributed by atoms with E-state index in [1.807, 2.05) is 0 Å². The Morgan fingerprint density at radius 3 is 2.57 bits per heavy atom. The van der Waals surface area contributed by atoms with Crippen LogP contribution in [0.15, 0.2) is 35.3 Å². The molecule has 10 heteroatoms. The van der Waals surface area contributed by atoms with Gasteiger partial charge in [0.1, 0.15) is 0 Å². The Morgan fingerprint density at radius 1 is 1.27 bits per heavy atom. The number of para-hydroxylation sites is 1. The molecule has 0 atom stereocenters. The Labute approximate surface area is 175 Å². The summed E-state index contributed by atoms with van der Waals surface area (Å²) >= 11 is 5.91. The van der Waals surface area contributed by atoms with E-state index in [-0.39, 0.29) is 5.56 Å². The third-order valence-electron chi connectivity index (χ3n) is 4.42. The van der Waals surface area contributed by atoms with Crippen LogP contribution < -0.4 is 10.9 Å². The number of pyridine rings is 1. The largest absolute Gasteiger partial charge is 0.490 e. The molecular formula is C20H21ClF3N3O3. The van der Waals surface area contributed by atoms with E-state index in [0.717, 1.165) is 13.0 Å². The van der Waals surface area contributed by atoms with Crippen molar-refractivity contribution in [2.24, 2.45) is 0 Å². The minimum Gasteiger partial charge on any atom is -0.475 e. The Bertz CT molecular complexity index is 1090. The second-order valence-corrected chi connectivity index (χ2v) is 7.06. The highest BCUT2D eigenvalue weighted by atomic mass is 35.5. The van der Waals surface area contributed by atoms with Gasteiger partial charge >= 0.3 is 12.1 Å². The lowest BCUT2D eigenvalue weighted by molar-refractivity contribution is -0.192. The first-order valence-corrected chi connectivity index (χ1v) is 9.33. The van der Waals surface area contributed by atoms with Gasteiger partial charge in [-0.2, -0.15) is 13.2 Å². The molecule has 0 aliphatic carbocycles. The van der Waals surface area contributed by atoms with Gasteiger partial charge in [0, 0.05) is 34.9 Å². The monoisotopic (exact) mass is 443 g/mol. The number of aromatic nitrogens is 2. The summed E-state index contributed by atoms with van der Waals surface area (Å²) in [6, 6.07) is 8.07. The number of hydrogen-bond acceptors (Lipinski definition) is 3. The van der Waals surface area contributed by atoms with Crippen molar-refractivity contribution in [2.45, 2.75) is 33.0 Å². The minimum atomic E-state index is -5.08. The zero-order valence-corrected chi connectivity index (χ0v) is 17.0. The topological polar surface area (TPSA) is 98.0 Å². The highest BCUT2D eigenvalue weighted by Crippen LogP contribution is 2.24. The van der Waals surface area contributed by atoms with Crippen molar-refractivity contribution in [3.05, 3.63) is 68.2 Å². The number of hydrogen-bond donors (Lipinski definition) is 4. The third kappa shape index (κ3) is 6.11. The van der Waals surface area contributed by atoms with Crippen LogP contribution in [0.1, 0.15) is 22.4 Å². The predicted octanol–water partition coefficient (Wildman–Crippen LogP) is 4.09. The predicted molar refractivity (Wildman–Crippen MR) is 109 cm³/mol. The van der Waals surface area contributed by atoms with E-state index in [0.29, 0.717) is 17.1 Å². The van der Waals surface area contributed by atoms with Crippen molar-refractivity contribution in [1.82, 2.24) is 15.3 Å². The van der Waals surface area contributed by atoms with Gasteiger partial charge in [-0.1, -0.05) is 29.8 Å². The van der Waals surface area contributed by atoms with E-state index in [4.69, 9.17) is 21.5 Å². The van der Waals surface area contributed by atoms with Crippen molar-refractivity contribution >= 4 is 28.5 Å². The minimum absolute atomic E-state index is 0.0965. The lowest BCUT2D eigenvalue weighted by Gasteiger charge is -2.05. The number of carbonyl (C=O) groups is 1. The van der Waals surface area contributed by atoms with E-state index < -0.39 is 12.1 Å². The zero-order chi connectivity index (χ0) is 22.5. The number of aliphatic carboxylic acids is 1. The van der Waals surface area contributed by atoms with Gasteiger partial charge in [0.15, 0.2) is 0 Å². The molecule has 0 fully saturated rings. The van der Waals surface area contributed by atoms with E-state index in [1.165, 1.54) is 33.9 Å². The molecule has 0 saturated heterocycles. The fraction of sp³-hybridized carbons (Fsp3) is 0.300. The van der Waals surface area contributed by atoms with Gasteiger partial charge in [0.05, 0.1) is 5.02 Å². The standard InChI is InChI=1S/C18H20ClN3O.C2HF3O2/c1-11-4-3-5-16-15(12(2)22-17(11)16)6-7-20-9-13-8-14(19)10-21-18(13)23;3-2(4,5)1(6)7/h3-5,8,10,20,22H,6-7,9H2,1-2H3,(H,21,23);(H,6,7). The zero-order valence-electron chi connectivity index (χ0n) is 16.3. The van der Waals surface area contributed by atoms with Gasteiger partial charge in [-0.15, -0.1) is 0 Å². The molecule has 0 saturated carbocycles. The van der Waals surface area contributed by atoms with E-state index in [9.17, 15) is 18.0 Å². The van der Waals surface area contributed by atoms with E-state index in [1.54, 1.807) is 6.07 Å². The first-order chi connectivity index (χ1) is 14.0. The van der Waals surface area contributed by atoms with Crippen LogP contribution in [-0.2, 0) is 17.8 Å². The fourth-order valence-corrected chi connectivity index (χ4v) is 3.13. The van der Waals surface area contributed by atoms with Crippen LogP contribution in [0.5, 0.6) is 0 Å². The summed E-state index contributed by atoms with van der Waals surface area (Å²) in [5, 5.41) is 12.3. The Morgan fingerprint density at radius 2 is 1.93 bits per heavy atom. The molecule has 0 aliphatic rings. The number of aryl methyl sites for hydroxylation is 2. The number of aromatic amines is 2. The molecule has 1 aromatic carbocycles. The van der Waals surface area contributed by atoms with Crippen LogP contribution in [-0.4, -0.2) is 33.8 Å². The summed E-state index contributed by atoms with van der Waals surface area (Å²) in [4.78, 5) is 26.7. The normalized spacial score (nSPS) is 11.3. The van der Waals surface area contributed by atoms with Gasteiger partial charge < -0.3 is 20.4 Å². The molecular weight excluding hydrogens is 423 g/mol. The van der Waals surface area contributed by atoms with Gasteiger partial charge in [0.25, 0.3) is 5.56 Å². The summed E-state index contributed by atoms with van der Waals surface area (Å²) in [7, 11) is 0.